The van der Waals surface area contributed by atoms with Gasteiger partial charge in [-0.05, 0) is 69.0 Å². The topological polar surface area (TPSA) is 71.9 Å². The number of hydrogen-bond donors (Lipinski definition) is 1. The number of benzene rings is 1. The Labute approximate surface area is 171 Å². The molecular weight excluding hydrogens is 368 g/mol. The first-order chi connectivity index (χ1) is 13.9. The molecule has 2 aliphatic rings. The largest absolute Gasteiger partial charge is 0.484 e. The van der Waals surface area contributed by atoms with E-state index in [-0.39, 0.29) is 12.0 Å². The van der Waals surface area contributed by atoms with Crippen LogP contribution in [0.25, 0.3) is 0 Å². The van der Waals surface area contributed by atoms with E-state index in [1.54, 1.807) is 6.20 Å². The number of aliphatic carboxylic acids is 1. The van der Waals surface area contributed by atoms with Crippen LogP contribution in [0.5, 0.6) is 11.6 Å². The molecule has 0 spiro atoms. The van der Waals surface area contributed by atoms with Gasteiger partial charge in [-0.3, -0.25) is 9.69 Å². The van der Waals surface area contributed by atoms with Gasteiger partial charge in [0.05, 0.1) is 5.41 Å². The zero-order valence-electron chi connectivity index (χ0n) is 17.0. The number of ether oxygens (including phenoxy) is 2. The molecule has 0 radical (unpaired) electrons. The summed E-state index contributed by atoms with van der Waals surface area (Å²) in [6.07, 6.45) is 3.41. The predicted octanol–water partition coefficient (Wildman–Crippen LogP) is 3.92. The monoisotopic (exact) mass is 396 g/mol. The smallest absolute Gasteiger partial charge is 0.309 e. The summed E-state index contributed by atoms with van der Waals surface area (Å²) in [7, 11) is 0. The maximum absolute atomic E-state index is 11.5. The van der Waals surface area contributed by atoms with E-state index in [4.69, 9.17) is 9.47 Å². The lowest BCUT2D eigenvalue weighted by Gasteiger charge is -2.38. The maximum Gasteiger partial charge on any atom is 0.309 e. The molecule has 1 aromatic carbocycles. The molecule has 1 aromatic heterocycles. The highest BCUT2D eigenvalue weighted by molar-refractivity contribution is 5.74. The summed E-state index contributed by atoms with van der Waals surface area (Å²) in [5.74, 6) is 0.770. The van der Waals surface area contributed by atoms with E-state index in [9.17, 15) is 9.90 Å². The SMILES string of the molecule is CC(C)(C(=O)O)C1CCN(Cc2ccc([C@H]3COc4cccnc4O3)cc2)CC1. The molecule has 1 fully saturated rings. The number of hydrogen-bond acceptors (Lipinski definition) is 5. The average Bonchev–Trinajstić information content (AvgIpc) is 2.74. The second kappa shape index (κ2) is 8.03. The maximum atomic E-state index is 11.5. The highest BCUT2D eigenvalue weighted by atomic mass is 16.6. The molecule has 6 heteroatoms. The molecule has 3 heterocycles. The Kier molecular flexibility index (Phi) is 5.46. The van der Waals surface area contributed by atoms with Crippen LogP contribution in [0.1, 0.15) is 43.9 Å². The first-order valence-electron chi connectivity index (χ1n) is 10.2. The normalized spacial score (nSPS) is 20.4. The van der Waals surface area contributed by atoms with Crippen molar-refractivity contribution in [3.63, 3.8) is 0 Å². The van der Waals surface area contributed by atoms with Gasteiger partial charge in [-0.1, -0.05) is 24.3 Å². The number of fused-ring (bicyclic) bond motifs is 1. The minimum absolute atomic E-state index is 0.152. The van der Waals surface area contributed by atoms with Gasteiger partial charge in [0, 0.05) is 12.7 Å². The lowest BCUT2D eigenvalue weighted by Crippen LogP contribution is -2.41. The Morgan fingerprint density at radius 3 is 2.62 bits per heavy atom. The van der Waals surface area contributed by atoms with Gasteiger partial charge in [-0.15, -0.1) is 0 Å². The highest BCUT2D eigenvalue weighted by Gasteiger charge is 2.38. The lowest BCUT2D eigenvalue weighted by molar-refractivity contribution is -0.151. The first kappa shape index (κ1) is 19.7. The molecule has 6 nitrogen and oxygen atoms in total. The van der Waals surface area contributed by atoms with Crippen LogP contribution in [-0.4, -0.2) is 40.7 Å². The number of carboxylic acid groups (broad SMARTS) is 1. The van der Waals surface area contributed by atoms with Gasteiger partial charge in [0.25, 0.3) is 5.88 Å². The Bertz CT molecular complexity index is 857. The first-order valence-corrected chi connectivity index (χ1v) is 10.2. The number of aromatic nitrogens is 1. The van der Waals surface area contributed by atoms with E-state index < -0.39 is 11.4 Å². The minimum atomic E-state index is -0.696. The molecule has 1 atom stereocenters. The number of piperidine rings is 1. The summed E-state index contributed by atoms with van der Waals surface area (Å²) in [6, 6.07) is 12.2. The molecule has 0 bridgehead atoms. The summed E-state index contributed by atoms with van der Waals surface area (Å²) < 4.78 is 11.7. The van der Waals surface area contributed by atoms with Crippen molar-refractivity contribution >= 4 is 5.97 Å². The van der Waals surface area contributed by atoms with Crippen molar-refractivity contribution in [2.24, 2.45) is 11.3 Å². The molecule has 2 aliphatic heterocycles. The third-order valence-electron chi connectivity index (χ3n) is 6.30. The van der Waals surface area contributed by atoms with Gasteiger partial charge in [0.1, 0.15) is 6.61 Å². The average molecular weight is 396 g/mol. The molecule has 0 saturated carbocycles. The van der Waals surface area contributed by atoms with E-state index in [1.807, 2.05) is 26.0 Å². The summed E-state index contributed by atoms with van der Waals surface area (Å²) in [5, 5.41) is 9.45. The van der Waals surface area contributed by atoms with Gasteiger partial charge >= 0.3 is 5.97 Å². The van der Waals surface area contributed by atoms with Crippen LogP contribution in [-0.2, 0) is 11.3 Å². The fraction of sp³-hybridized carbons (Fsp3) is 0.478. The van der Waals surface area contributed by atoms with Gasteiger partial charge in [0.2, 0.25) is 0 Å². The molecule has 29 heavy (non-hydrogen) atoms. The predicted molar refractivity (Wildman–Crippen MR) is 109 cm³/mol. The fourth-order valence-corrected chi connectivity index (χ4v) is 4.16. The van der Waals surface area contributed by atoms with Crippen LogP contribution in [0.15, 0.2) is 42.6 Å². The van der Waals surface area contributed by atoms with Crippen molar-refractivity contribution in [3.05, 3.63) is 53.7 Å². The third-order valence-corrected chi connectivity index (χ3v) is 6.30. The van der Waals surface area contributed by atoms with E-state index >= 15 is 0 Å². The fourth-order valence-electron chi connectivity index (χ4n) is 4.16. The van der Waals surface area contributed by atoms with Crippen LogP contribution in [0.2, 0.25) is 0 Å². The van der Waals surface area contributed by atoms with Crippen LogP contribution < -0.4 is 9.47 Å². The number of likely N-dealkylation sites (tertiary alicyclic amines) is 1. The number of carbonyl (C=O) groups is 1. The number of rotatable bonds is 5. The second-order valence-corrected chi connectivity index (χ2v) is 8.54. The summed E-state index contributed by atoms with van der Waals surface area (Å²) in [6.45, 7) is 6.92. The van der Waals surface area contributed by atoms with Gasteiger partial charge < -0.3 is 14.6 Å². The van der Waals surface area contributed by atoms with Crippen LogP contribution in [0.4, 0.5) is 0 Å². The molecule has 4 rings (SSSR count). The number of nitrogens with zero attached hydrogens (tertiary/aromatic N) is 2. The Morgan fingerprint density at radius 1 is 1.21 bits per heavy atom. The molecule has 1 N–H and O–H groups in total. The van der Waals surface area contributed by atoms with Crippen molar-refractivity contribution < 1.29 is 19.4 Å². The van der Waals surface area contributed by atoms with Gasteiger partial charge in [-0.25, -0.2) is 4.98 Å². The van der Waals surface area contributed by atoms with Gasteiger partial charge in [-0.2, -0.15) is 0 Å². The number of carboxylic acids is 1. The van der Waals surface area contributed by atoms with Crippen LogP contribution in [0, 0.1) is 11.3 Å². The molecular formula is C23H28N2O4. The van der Waals surface area contributed by atoms with Crippen LogP contribution in [0.3, 0.4) is 0 Å². The zero-order valence-corrected chi connectivity index (χ0v) is 17.0. The van der Waals surface area contributed by atoms with Crippen molar-refractivity contribution in [2.75, 3.05) is 19.7 Å². The molecule has 0 aliphatic carbocycles. The molecule has 1 saturated heterocycles. The summed E-state index contributed by atoms with van der Waals surface area (Å²) in [4.78, 5) is 18.1. The molecule has 2 aromatic rings. The molecule has 0 amide bonds. The van der Waals surface area contributed by atoms with E-state index in [0.717, 1.165) is 38.0 Å². The molecule has 0 unspecified atom stereocenters. The van der Waals surface area contributed by atoms with Gasteiger partial charge in [0.15, 0.2) is 11.9 Å². The van der Waals surface area contributed by atoms with E-state index in [0.29, 0.717) is 18.2 Å². The Hall–Kier alpha value is -2.60. The second-order valence-electron chi connectivity index (χ2n) is 8.54. The highest BCUT2D eigenvalue weighted by Crippen LogP contribution is 2.36. The molecule has 154 valence electrons. The minimum Gasteiger partial charge on any atom is -0.484 e. The third kappa shape index (κ3) is 4.22. The van der Waals surface area contributed by atoms with Crippen molar-refractivity contribution in [3.8, 4) is 11.6 Å². The van der Waals surface area contributed by atoms with Crippen molar-refractivity contribution in [2.45, 2.75) is 39.3 Å². The van der Waals surface area contributed by atoms with Crippen LogP contribution >= 0.6 is 0 Å². The quantitative estimate of drug-likeness (QED) is 0.826. The summed E-state index contributed by atoms with van der Waals surface area (Å²) in [5.41, 5.74) is 1.68. The lowest BCUT2D eigenvalue weighted by atomic mass is 9.74. The zero-order chi connectivity index (χ0) is 20.4. The van der Waals surface area contributed by atoms with E-state index in [2.05, 4.69) is 34.1 Å². The Balaban J connectivity index is 1.32. The van der Waals surface area contributed by atoms with E-state index in [1.165, 1.54) is 5.56 Å². The van der Waals surface area contributed by atoms with Crippen molar-refractivity contribution in [1.29, 1.82) is 0 Å². The van der Waals surface area contributed by atoms with Crippen molar-refractivity contribution in [1.82, 2.24) is 9.88 Å². The standard InChI is InChI=1S/C23H28N2O4/c1-23(2,22(26)27)18-9-12-25(13-10-18)14-16-5-7-17(8-6-16)20-15-28-19-4-3-11-24-21(19)29-20/h3-8,11,18,20H,9-10,12-15H2,1-2H3,(H,26,27)/t20-/m1/s1. The summed E-state index contributed by atoms with van der Waals surface area (Å²) >= 11 is 0. The number of pyridine rings is 1. The Morgan fingerprint density at radius 2 is 1.93 bits per heavy atom.